The van der Waals surface area contributed by atoms with Gasteiger partial charge in [0.05, 0.1) is 33.4 Å². The Morgan fingerprint density at radius 1 is 0.684 bits per heavy atom. The van der Waals surface area contributed by atoms with Gasteiger partial charge in [0.2, 0.25) is 0 Å². The van der Waals surface area contributed by atoms with E-state index in [-0.39, 0.29) is 33.4 Å². The minimum absolute atomic E-state index is 0.102. The number of hydrogen-bond acceptors (Lipinski definition) is 4. The van der Waals surface area contributed by atoms with Gasteiger partial charge in [0, 0.05) is 5.02 Å². The molecule has 1 aliphatic rings. The molecule has 0 spiro atoms. The monoisotopic (exact) mass is 564 g/mol. The number of fused-ring (bicyclic) bond motifs is 1. The molecular weight excluding hydrogens is 540 g/mol. The van der Waals surface area contributed by atoms with Crippen LogP contribution in [0, 0.1) is 13.8 Å². The topological polar surface area (TPSA) is 74.8 Å². The number of benzene rings is 4. The highest BCUT2D eigenvalue weighted by Crippen LogP contribution is 2.43. The van der Waals surface area contributed by atoms with E-state index in [1.54, 1.807) is 103 Å². The minimum Gasteiger partial charge on any atom is -0.258 e. The van der Waals surface area contributed by atoms with Crippen molar-refractivity contribution in [3.63, 3.8) is 0 Å². The van der Waals surface area contributed by atoms with Crippen molar-refractivity contribution in [1.29, 1.82) is 0 Å². The van der Waals surface area contributed by atoms with Crippen LogP contribution in [0.25, 0.3) is 6.08 Å². The first-order chi connectivity index (χ1) is 18.1. The number of hydrogen-bond donors (Lipinski definition) is 0. The maximum atomic E-state index is 14.1. The molecule has 1 heterocycles. The molecule has 1 aliphatic heterocycles. The van der Waals surface area contributed by atoms with Crippen LogP contribution in [0.4, 0.5) is 11.4 Å². The Morgan fingerprint density at radius 2 is 1.24 bits per heavy atom. The van der Waals surface area contributed by atoms with Crippen molar-refractivity contribution in [3.05, 3.63) is 124 Å². The molecule has 0 saturated heterocycles. The highest BCUT2D eigenvalue weighted by Gasteiger charge is 2.39. The van der Waals surface area contributed by atoms with E-state index in [9.17, 15) is 16.8 Å². The Bertz CT molecular complexity index is 1750. The van der Waals surface area contributed by atoms with Crippen LogP contribution in [0.3, 0.4) is 0 Å². The van der Waals surface area contributed by atoms with E-state index >= 15 is 0 Å². The number of anilines is 2. The summed E-state index contributed by atoms with van der Waals surface area (Å²) in [7, 11) is -8.12. The van der Waals surface area contributed by atoms with Gasteiger partial charge in [-0.3, -0.25) is 4.31 Å². The zero-order valence-electron chi connectivity index (χ0n) is 20.7. The van der Waals surface area contributed by atoms with Crippen molar-refractivity contribution in [2.75, 3.05) is 15.2 Å². The number of rotatable bonds is 5. The predicted octanol–water partition coefficient (Wildman–Crippen LogP) is 6.40. The molecule has 0 saturated carbocycles. The molecule has 4 aromatic rings. The molecule has 194 valence electrons. The fraction of sp³-hybridized carbons (Fsp3) is 0.103. The first-order valence-corrected chi connectivity index (χ1v) is 15.1. The standard InChI is InChI=1S/C29H25ClN2O4S2/c1-21-10-14-26(15-11-21)37(33,34)31-20-25(19-23-6-5-7-24(30)18-23)32(29-9-4-3-8-28(29)31)38(35,36)27-16-12-22(2)13-17-27/h3-19H,20H2,1-2H3. The van der Waals surface area contributed by atoms with Gasteiger partial charge >= 0.3 is 0 Å². The lowest BCUT2D eigenvalue weighted by Gasteiger charge is -2.39. The van der Waals surface area contributed by atoms with E-state index in [0.29, 0.717) is 10.6 Å². The average Bonchev–Trinajstić information content (AvgIpc) is 2.88. The van der Waals surface area contributed by atoms with Gasteiger partial charge in [-0.15, -0.1) is 0 Å². The Labute approximate surface area is 228 Å². The van der Waals surface area contributed by atoms with Crippen LogP contribution in [0.5, 0.6) is 0 Å². The second-order valence-electron chi connectivity index (χ2n) is 9.09. The Balaban J connectivity index is 1.75. The number of sulfonamides is 2. The van der Waals surface area contributed by atoms with Crippen molar-refractivity contribution in [2.45, 2.75) is 23.6 Å². The first-order valence-electron chi connectivity index (χ1n) is 11.8. The molecule has 0 amide bonds. The van der Waals surface area contributed by atoms with Crippen LogP contribution < -0.4 is 8.61 Å². The van der Waals surface area contributed by atoms with Crippen LogP contribution in [0.1, 0.15) is 16.7 Å². The molecule has 0 aliphatic carbocycles. The Hall–Kier alpha value is -3.59. The summed E-state index contributed by atoms with van der Waals surface area (Å²) in [6, 6.07) is 26.7. The fourth-order valence-corrected chi connectivity index (χ4v) is 7.51. The maximum Gasteiger partial charge on any atom is 0.268 e. The largest absolute Gasteiger partial charge is 0.268 e. The third kappa shape index (κ3) is 4.82. The van der Waals surface area contributed by atoms with E-state index in [2.05, 4.69) is 0 Å². The summed E-state index contributed by atoms with van der Waals surface area (Å²) in [6.07, 6.45) is 1.66. The van der Waals surface area contributed by atoms with Gasteiger partial charge in [-0.1, -0.05) is 71.3 Å². The maximum absolute atomic E-state index is 14.1. The van der Waals surface area contributed by atoms with Gasteiger partial charge in [-0.25, -0.2) is 21.1 Å². The molecule has 9 heteroatoms. The van der Waals surface area contributed by atoms with E-state index in [1.165, 1.54) is 8.61 Å². The number of aryl methyl sites for hydroxylation is 2. The van der Waals surface area contributed by atoms with Gasteiger partial charge in [-0.2, -0.15) is 0 Å². The molecule has 0 bridgehead atoms. The summed E-state index contributed by atoms with van der Waals surface area (Å²) >= 11 is 6.21. The lowest BCUT2D eigenvalue weighted by Crippen LogP contribution is -2.44. The van der Waals surface area contributed by atoms with Crippen LogP contribution in [0.2, 0.25) is 5.02 Å². The van der Waals surface area contributed by atoms with Crippen molar-refractivity contribution in [3.8, 4) is 0 Å². The number of nitrogens with zero attached hydrogens (tertiary/aromatic N) is 2. The van der Waals surface area contributed by atoms with E-state index < -0.39 is 20.0 Å². The van der Waals surface area contributed by atoms with E-state index in [1.807, 2.05) is 13.8 Å². The van der Waals surface area contributed by atoms with Crippen LogP contribution in [-0.4, -0.2) is 23.4 Å². The fourth-order valence-electron chi connectivity index (χ4n) is 4.34. The Kier molecular flexibility index (Phi) is 6.81. The highest BCUT2D eigenvalue weighted by atomic mass is 35.5. The molecule has 0 radical (unpaired) electrons. The first kappa shape index (κ1) is 26.0. The number of para-hydroxylation sites is 2. The predicted molar refractivity (Wildman–Crippen MR) is 152 cm³/mol. The van der Waals surface area contributed by atoms with Gasteiger partial charge in [0.15, 0.2) is 0 Å². The molecule has 38 heavy (non-hydrogen) atoms. The quantitative estimate of drug-likeness (QED) is 0.281. The van der Waals surface area contributed by atoms with Crippen molar-refractivity contribution in [1.82, 2.24) is 0 Å². The van der Waals surface area contributed by atoms with Gasteiger partial charge in [0.1, 0.15) is 0 Å². The molecule has 5 rings (SSSR count). The SMILES string of the molecule is Cc1ccc(S(=O)(=O)N2CC(=Cc3cccc(Cl)c3)N(S(=O)(=O)c3ccc(C)cc3)c3ccccc32)cc1. The van der Waals surface area contributed by atoms with E-state index in [0.717, 1.165) is 11.1 Å². The summed E-state index contributed by atoms with van der Waals surface area (Å²) in [5, 5.41) is 0.479. The summed E-state index contributed by atoms with van der Waals surface area (Å²) in [5.74, 6) is 0. The average molecular weight is 565 g/mol. The summed E-state index contributed by atoms with van der Waals surface area (Å²) in [4.78, 5) is 0.222. The third-order valence-electron chi connectivity index (χ3n) is 6.29. The molecule has 0 atom stereocenters. The molecular formula is C29H25ClN2O4S2. The zero-order chi connectivity index (χ0) is 27.1. The van der Waals surface area contributed by atoms with Crippen LogP contribution in [0.15, 0.2) is 113 Å². The zero-order valence-corrected chi connectivity index (χ0v) is 23.1. The third-order valence-corrected chi connectivity index (χ3v) is 10.1. The lowest BCUT2D eigenvalue weighted by atomic mass is 10.1. The normalized spacial score (nSPS) is 15.0. The minimum atomic E-state index is -4.10. The summed E-state index contributed by atoms with van der Waals surface area (Å²) in [6.45, 7) is 3.56. The molecule has 0 fully saturated rings. The van der Waals surface area contributed by atoms with Crippen molar-refractivity contribution < 1.29 is 16.8 Å². The van der Waals surface area contributed by atoms with Gasteiger partial charge < -0.3 is 0 Å². The number of halogens is 1. The molecule has 6 nitrogen and oxygen atoms in total. The Morgan fingerprint density at radius 3 is 1.82 bits per heavy atom. The summed E-state index contributed by atoms with van der Waals surface area (Å²) in [5.41, 5.74) is 3.27. The second-order valence-corrected chi connectivity index (χ2v) is 13.2. The summed E-state index contributed by atoms with van der Waals surface area (Å²) < 4.78 is 58.4. The molecule has 0 unspecified atom stereocenters. The van der Waals surface area contributed by atoms with Gasteiger partial charge in [0.25, 0.3) is 20.0 Å². The van der Waals surface area contributed by atoms with Crippen LogP contribution in [-0.2, 0) is 20.0 Å². The van der Waals surface area contributed by atoms with Crippen molar-refractivity contribution >= 4 is 49.1 Å². The second kappa shape index (κ2) is 9.94. The highest BCUT2D eigenvalue weighted by molar-refractivity contribution is 7.93. The van der Waals surface area contributed by atoms with Gasteiger partial charge in [-0.05, 0) is 74.0 Å². The molecule has 4 aromatic carbocycles. The molecule has 0 N–H and O–H groups in total. The smallest absolute Gasteiger partial charge is 0.258 e. The van der Waals surface area contributed by atoms with Crippen LogP contribution >= 0.6 is 11.6 Å². The van der Waals surface area contributed by atoms with E-state index in [4.69, 9.17) is 11.6 Å². The van der Waals surface area contributed by atoms with Crippen molar-refractivity contribution in [2.24, 2.45) is 0 Å². The lowest BCUT2D eigenvalue weighted by molar-refractivity contribution is 0.586. The molecule has 0 aromatic heterocycles.